The maximum absolute atomic E-state index is 12.8. The lowest BCUT2D eigenvalue weighted by Gasteiger charge is -2.36. The monoisotopic (exact) mass is 363 g/mol. The molecule has 0 heterocycles. The van der Waals surface area contributed by atoms with Crippen molar-refractivity contribution in [1.82, 2.24) is 0 Å². The van der Waals surface area contributed by atoms with Crippen molar-refractivity contribution in [3.8, 4) is 0 Å². The first-order chi connectivity index (χ1) is 11.7. The van der Waals surface area contributed by atoms with Crippen molar-refractivity contribution >= 4 is 21.5 Å². The van der Waals surface area contributed by atoms with Gasteiger partial charge < -0.3 is 0 Å². The number of aryl methyl sites for hydroxylation is 1. The van der Waals surface area contributed by atoms with Crippen LogP contribution in [0.15, 0.2) is 24.3 Å². The Morgan fingerprint density at radius 1 is 1.20 bits per heavy atom. The van der Waals surface area contributed by atoms with Gasteiger partial charge in [0.1, 0.15) is 5.78 Å². The summed E-state index contributed by atoms with van der Waals surface area (Å²) in [6, 6.07) is 7.59. The average molecular weight is 364 g/mol. The van der Waals surface area contributed by atoms with Gasteiger partial charge in [-0.25, -0.2) is 8.42 Å². The van der Waals surface area contributed by atoms with E-state index < -0.39 is 15.4 Å². The smallest absolute Gasteiger partial charge is 0.233 e. The second-order valence-electron chi connectivity index (χ2n) is 8.33. The molecule has 2 fully saturated rings. The molecule has 5 heteroatoms. The highest BCUT2D eigenvalue weighted by Gasteiger charge is 2.65. The van der Waals surface area contributed by atoms with E-state index >= 15 is 0 Å². The summed E-state index contributed by atoms with van der Waals surface area (Å²) in [5, 5.41) is 0. The van der Waals surface area contributed by atoms with E-state index in [1.807, 2.05) is 24.3 Å². The van der Waals surface area contributed by atoms with Gasteiger partial charge in [0.05, 0.1) is 11.2 Å². The summed E-state index contributed by atoms with van der Waals surface area (Å²) in [6.45, 7) is 6.28. The highest BCUT2D eigenvalue weighted by Crippen LogP contribution is 2.64. The Morgan fingerprint density at radius 2 is 1.88 bits per heavy atom. The van der Waals surface area contributed by atoms with Gasteiger partial charge in [-0.2, -0.15) is 0 Å². The van der Waals surface area contributed by atoms with E-state index in [2.05, 4.69) is 25.5 Å². The molecule has 2 aliphatic carbocycles. The van der Waals surface area contributed by atoms with Gasteiger partial charge in [0.15, 0.2) is 0 Å². The van der Waals surface area contributed by atoms with E-state index in [9.17, 15) is 13.2 Å². The zero-order valence-corrected chi connectivity index (χ0v) is 16.3. The second-order valence-corrected chi connectivity index (χ2v) is 10.1. The van der Waals surface area contributed by atoms with Crippen molar-refractivity contribution in [3.05, 3.63) is 29.8 Å². The number of nitrogens with one attached hydrogen (secondary N) is 1. The molecular formula is C20H29NO3S. The standard InChI is InChI=1S/C20H29NO3S/c1-4-5-6-15-7-9-17(10-8-15)21-25(23,24)14-20-12-11-16(13-18(20)22)19(20,2)3/h7-10,16,21H,4-6,11-14H2,1-3H3/t16-,20-/m1/s1. The van der Waals surface area contributed by atoms with Gasteiger partial charge in [0.2, 0.25) is 10.0 Å². The molecule has 0 saturated heterocycles. The molecule has 2 bridgehead atoms. The molecular weight excluding hydrogens is 334 g/mol. The molecule has 4 nitrogen and oxygen atoms in total. The Hall–Kier alpha value is -1.36. The highest BCUT2D eigenvalue weighted by molar-refractivity contribution is 7.92. The van der Waals surface area contributed by atoms with Crippen LogP contribution in [0.2, 0.25) is 0 Å². The predicted octanol–water partition coefficient (Wildman–Crippen LogP) is 4.17. The largest absolute Gasteiger partial charge is 0.299 e. The number of hydrogen-bond acceptors (Lipinski definition) is 3. The van der Waals surface area contributed by atoms with Crippen molar-refractivity contribution in [1.29, 1.82) is 0 Å². The zero-order valence-electron chi connectivity index (χ0n) is 15.5. The lowest BCUT2D eigenvalue weighted by Crippen LogP contribution is -2.43. The Kier molecular flexibility index (Phi) is 4.73. The third kappa shape index (κ3) is 3.23. The molecule has 3 rings (SSSR count). The number of Topliss-reactive ketones (excluding diaryl/α,β-unsaturated/α-hetero) is 1. The predicted molar refractivity (Wildman–Crippen MR) is 101 cm³/mol. The number of anilines is 1. The van der Waals surface area contributed by atoms with Crippen LogP contribution in [0.3, 0.4) is 0 Å². The zero-order chi connectivity index (χ0) is 18.3. The van der Waals surface area contributed by atoms with Gasteiger partial charge in [-0.05, 0) is 54.7 Å². The minimum atomic E-state index is -3.57. The SMILES string of the molecule is CCCCc1ccc(NS(=O)(=O)C[C@]23CC[C@H](CC2=O)C3(C)C)cc1. The maximum atomic E-state index is 12.8. The molecule has 0 spiro atoms. The van der Waals surface area contributed by atoms with Crippen molar-refractivity contribution < 1.29 is 13.2 Å². The summed E-state index contributed by atoms with van der Waals surface area (Å²) in [5.74, 6) is 0.363. The van der Waals surface area contributed by atoms with Gasteiger partial charge in [-0.3, -0.25) is 9.52 Å². The molecule has 138 valence electrons. The van der Waals surface area contributed by atoms with Gasteiger partial charge in [-0.1, -0.05) is 39.3 Å². The summed E-state index contributed by atoms with van der Waals surface area (Å²) in [4.78, 5) is 12.6. The van der Waals surface area contributed by atoms with Crippen LogP contribution >= 0.6 is 0 Å². The van der Waals surface area contributed by atoms with E-state index in [0.29, 0.717) is 24.4 Å². The molecule has 25 heavy (non-hydrogen) atoms. The van der Waals surface area contributed by atoms with Gasteiger partial charge in [-0.15, -0.1) is 0 Å². The Labute approximate surface area is 151 Å². The van der Waals surface area contributed by atoms with E-state index in [1.165, 1.54) is 5.56 Å². The first-order valence-corrected chi connectivity index (χ1v) is 11.0. The number of benzene rings is 1. The number of unbranched alkanes of at least 4 members (excludes halogenated alkanes) is 1. The lowest BCUT2D eigenvalue weighted by molar-refractivity contribution is -0.128. The molecule has 2 saturated carbocycles. The normalized spacial score (nSPS) is 27.6. The van der Waals surface area contributed by atoms with Crippen LogP contribution in [0.5, 0.6) is 0 Å². The summed E-state index contributed by atoms with van der Waals surface area (Å²) < 4.78 is 28.2. The third-order valence-corrected chi connectivity index (χ3v) is 8.04. The van der Waals surface area contributed by atoms with Crippen molar-refractivity contribution in [2.75, 3.05) is 10.5 Å². The molecule has 0 aliphatic heterocycles. The van der Waals surface area contributed by atoms with Crippen LogP contribution in [0, 0.1) is 16.7 Å². The number of hydrogen-bond donors (Lipinski definition) is 1. The fourth-order valence-corrected chi connectivity index (χ4v) is 6.66. The summed E-state index contributed by atoms with van der Waals surface area (Å²) >= 11 is 0. The lowest BCUT2D eigenvalue weighted by atomic mass is 9.70. The van der Waals surface area contributed by atoms with E-state index in [0.717, 1.165) is 25.7 Å². The summed E-state index contributed by atoms with van der Waals surface area (Å²) in [5.41, 5.74) is 0.844. The van der Waals surface area contributed by atoms with Crippen LogP contribution in [-0.4, -0.2) is 20.0 Å². The minimum Gasteiger partial charge on any atom is -0.299 e. The second kappa shape index (κ2) is 6.42. The van der Waals surface area contributed by atoms with E-state index in [4.69, 9.17) is 0 Å². The van der Waals surface area contributed by atoms with Crippen molar-refractivity contribution in [2.24, 2.45) is 16.7 Å². The van der Waals surface area contributed by atoms with Crippen molar-refractivity contribution in [2.45, 2.75) is 59.3 Å². The number of rotatable bonds is 7. The van der Waals surface area contributed by atoms with Crippen LogP contribution in [0.4, 0.5) is 5.69 Å². The van der Waals surface area contributed by atoms with Gasteiger partial charge in [0, 0.05) is 12.1 Å². The number of carbonyl (C=O) groups excluding carboxylic acids is 1. The number of carbonyl (C=O) groups is 1. The first kappa shape index (κ1) is 18.4. The molecule has 2 atom stereocenters. The molecule has 0 aromatic heterocycles. The van der Waals surface area contributed by atoms with Crippen LogP contribution in [0.1, 0.15) is 58.4 Å². The maximum Gasteiger partial charge on any atom is 0.233 e. The molecule has 1 aromatic carbocycles. The Balaban J connectivity index is 1.73. The average Bonchev–Trinajstić information content (AvgIpc) is 2.87. The number of ketones is 1. The fourth-order valence-electron chi connectivity index (χ4n) is 4.77. The molecule has 2 aliphatic rings. The summed E-state index contributed by atoms with van der Waals surface area (Å²) in [6.07, 6.45) is 5.47. The molecule has 0 unspecified atom stereocenters. The number of sulfonamides is 1. The summed E-state index contributed by atoms with van der Waals surface area (Å²) in [7, 11) is -3.57. The highest BCUT2D eigenvalue weighted by atomic mass is 32.2. The first-order valence-electron chi connectivity index (χ1n) is 9.33. The van der Waals surface area contributed by atoms with Gasteiger partial charge >= 0.3 is 0 Å². The third-order valence-electron chi connectivity index (χ3n) is 6.62. The van der Waals surface area contributed by atoms with Crippen LogP contribution < -0.4 is 4.72 Å². The molecule has 1 N–H and O–H groups in total. The van der Waals surface area contributed by atoms with Gasteiger partial charge in [0.25, 0.3) is 0 Å². The molecule has 0 amide bonds. The van der Waals surface area contributed by atoms with Crippen LogP contribution in [-0.2, 0) is 21.2 Å². The quantitative estimate of drug-likeness (QED) is 0.791. The molecule has 0 radical (unpaired) electrons. The molecule has 1 aromatic rings. The van der Waals surface area contributed by atoms with E-state index in [-0.39, 0.29) is 17.0 Å². The Bertz CT molecular complexity index is 752. The number of fused-ring (bicyclic) bond motifs is 2. The van der Waals surface area contributed by atoms with Crippen molar-refractivity contribution in [3.63, 3.8) is 0 Å². The minimum absolute atomic E-state index is 0.0973. The topological polar surface area (TPSA) is 63.2 Å². The van der Waals surface area contributed by atoms with Crippen LogP contribution in [0.25, 0.3) is 0 Å². The van der Waals surface area contributed by atoms with E-state index in [1.54, 1.807) is 0 Å². The fraction of sp³-hybridized carbons (Fsp3) is 0.650. The Morgan fingerprint density at radius 3 is 2.40 bits per heavy atom.